The molecule has 11 heterocycles. The van der Waals surface area contributed by atoms with Crippen LogP contribution in [0, 0.1) is 51.0 Å². The number of benzene rings is 4. The fourth-order valence-corrected chi connectivity index (χ4v) is 13.8. The zero-order chi connectivity index (χ0) is 95.3. The molecule has 0 unspecified atom stereocenters. The quantitative estimate of drug-likeness (QED) is 0.00711. The van der Waals surface area contributed by atoms with Gasteiger partial charge in [0.15, 0.2) is 0 Å². The van der Waals surface area contributed by atoms with E-state index in [2.05, 4.69) is 108 Å². The van der Waals surface area contributed by atoms with E-state index in [1.807, 2.05) is 73.7 Å². The molecule has 3 saturated heterocycles. The molecule has 8 aromatic heterocycles. The number of ether oxygens (including phenoxy) is 4. The van der Waals surface area contributed by atoms with Gasteiger partial charge in [0.1, 0.15) is 0 Å². The van der Waals surface area contributed by atoms with Crippen LogP contribution >= 0.6 is 0 Å². The van der Waals surface area contributed by atoms with E-state index in [4.69, 9.17) is 71.1 Å². The van der Waals surface area contributed by atoms with E-state index in [9.17, 15) is 27.6 Å². The van der Waals surface area contributed by atoms with Crippen LogP contribution < -0.4 is 175 Å². The van der Waals surface area contributed by atoms with E-state index in [0.29, 0.717) is 92.8 Å². The predicted molar refractivity (Wildman–Crippen MR) is 496 cm³/mol. The molecule has 708 valence electrons. The molecule has 0 atom stereocenters. The number of nitrogens with zero attached hydrogens (tertiary/aromatic N) is 16. The summed E-state index contributed by atoms with van der Waals surface area (Å²) in [6.07, 6.45) is 31.0. The van der Waals surface area contributed by atoms with Gasteiger partial charge in [0.25, 0.3) is 22.5 Å². The number of carbonyl (C=O) groups excluding carboxylic acids is 3. The number of nitrogens with two attached hydrogens (primary N) is 1. The Morgan fingerprint density at radius 1 is 0.581 bits per heavy atom. The van der Waals surface area contributed by atoms with Gasteiger partial charge in [-0.25, -0.2) is 60.8 Å². The van der Waals surface area contributed by atoms with Gasteiger partial charge in [-0.15, -0.1) is 0 Å². The summed E-state index contributed by atoms with van der Waals surface area (Å²) < 4.78 is 50.9. The van der Waals surface area contributed by atoms with Crippen LogP contribution in [0.2, 0.25) is 0 Å². The molecule has 17 rings (SSSR count). The number of nitrogens with one attached hydrogen (secondary N) is 7. The first kappa shape index (κ1) is 112. The summed E-state index contributed by atoms with van der Waals surface area (Å²) in [5.74, 6) is -0.508. The van der Waals surface area contributed by atoms with Crippen LogP contribution in [0.3, 0.4) is 0 Å². The molecule has 0 spiro atoms. The summed E-state index contributed by atoms with van der Waals surface area (Å²) in [5.41, 5.74) is 19.8. The number of carboxylic acid groups (broad SMARTS) is 2. The number of anilines is 8. The molecular formula is C92H110Cs2N24O17S. The van der Waals surface area contributed by atoms with E-state index in [1.165, 1.54) is 0 Å². The molecule has 0 radical (unpaired) electrons. The first-order chi connectivity index (χ1) is 64.2. The molecule has 41 nitrogen and oxygen atoms in total. The smallest absolute Gasteiger partial charge is 1.00 e. The van der Waals surface area contributed by atoms with E-state index >= 15 is 0 Å². The van der Waals surface area contributed by atoms with Gasteiger partial charge in [0, 0.05) is 143 Å². The fraction of sp³-hybridized carbons (Fsp3) is 0.359. The number of hydrogen-bond acceptors (Lipinski definition) is 33. The van der Waals surface area contributed by atoms with Crippen LogP contribution in [0.4, 0.5) is 46.5 Å². The van der Waals surface area contributed by atoms with Crippen LogP contribution in [0.15, 0.2) is 171 Å². The molecule has 2 aliphatic carbocycles. The van der Waals surface area contributed by atoms with Crippen molar-refractivity contribution < 1.29 is 220 Å². The minimum atomic E-state index is -3.28. The van der Waals surface area contributed by atoms with Crippen molar-refractivity contribution in [2.24, 2.45) is 11.1 Å². The second-order valence-corrected chi connectivity index (χ2v) is 32.5. The number of carboxylic acids is 2. The van der Waals surface area contributed by atoms with Gasteiger partial charge in [0.05, 0.1) is 136 Å². The molecule has 12 N–H and O–H groups in total. The van der Waals surface area contributed by atoms with Crippen LogP contribution in [-0.2, 0) is 42.9 Å². The second kappa shape index (κ2) is 56.9. The van der Waals surface area contributed by atoms with Crippen molar-refractivity contribution >= 4 is 86.9 Å². The summed E-state index contributed by atoms with van der Waals surface area (Å²) in [4.78, 5) is 96.6. The molecule has 3 aliphatic heterocycles. The van der Waals surface area contributed by atoms with E-state index in [1.54, 1.807) is 149 Å². The maximum absolute atomic E-state index is 12.5. The molecule has 2 saturated carbocycles. The fourth-order valence-electron chi connectivity index (χ4n) is 13.1. The van der Waals surface area contributed by atoms with Crippen LogP contribution in [0.5, 0.6) is 0 Å². The van der Waals surface area contributed by atoms with Crippen molar-refractivity contribution in [3.8, 4) is 51.1 Å². The molecule has 12 aromatic rings. The SMILES string of the molecule is C.CCO.CCOC(=O)c1ccc(-c2nc(Nc3cn[nH]c3)ncc2C)cc1.CS(=O)(=O)OC1CCOCC1.Cc1cnc(Nc2cn[nH]c2)nc1-c1ccc(C(=O)O)cc1.Cc1cnc(Nc2cnn(C3CCOCC3)c2)nc1-c1ccc(C(=O)O)cc1.N#CC1(CN)CC1.O=CO[O-].[C-]#[N+]C1(CNC(=O)c2ccc(-c3nc(Nc4cnn(C5CCOCC5)c4)ncc3C)cc2)CC1.[Cs+].[Cs+].[H-]. The number of H-pyrrole nitrogens is 2. The standard InChI is InChI=1S/C25H27N7O2.C20H21N5O3.C17H17N5O2.C15H13N5O2.C6H12O4S.C5H8N2.C2H6O.CH2O3.CH4.2Cs.H/c1-17-13-27-24(30-20-14-29-32(15-20)21-7-11-34-12-8-21)31-22(17)18-3-5-19(6-4-18)23(33)28-16-25(26-2)9-10-25;1-13-10-21-20(24-18(13)14-2-4-15(5-3-14)19(26)27)23-16-11-22-25(12-16)17-6-8-28-9-7-17;1-3-24-16(23)13-6-4-12(5-7-13)15-11(2)8-18-17(22-15)21-14-9-19-20-10-14;1-9-6-16-15(19-12-7-17-18-8-12)20-13(9)10-2-4-11(5-3-10)14(21)22;1-11(7,8)10-6-2-4-9-5-3-6;6-3-5(4-7)1-2-5;1-2-3;2-1-4-3;;;;/h3-6,13-15,21H,7-12,16H2,1H3,(H,28,33)(H,27,30,31);2-5,10-12,17H,6-9H2,1H3,(H,26,27)(H,21,23,24);4-10H,3H2,1-2H3,(H,19,20)(H,18,21,22);2-8H,1H3,(H,17,18)(H,21,22)(H,16,19,20);6H,2-5H2,1H3;1-3,6H2;3H,2H2,1H3;1,3H;1H4;;;/q;;;;;;;;;2*+1;-1/p-1. The van der Waals surface area contributed by atoms with Crippen molar-refractivity contribution in [2.75, 3.05) is 93.5 Å². The summed E-state index contributed by atoms with van der Waals surface area (Å²) in [6, 6.07) is 30.6. The molecule has 5 aliphatic rings. The van der Waals surface area contributed by atoms with Gasteiger partial charge < -0.3 is 83.0 Å². The Hall–Kier alpha value is -10.7. The molecule has 1 amide bonds. The number of nitriles is 1. The van der Waals surface area contributed by atoms with Gasteiger partial charge in [0.2, 0.25) is 29.3 Å². The number of aromatic nitrogens is 16. The topological polar surface area (TPSA) is 569 Å². The largest absolute Gasteiger partial charge is 1.00 e. The zero-order valence-corrected chi connectivity index (χ0v) is 89.7. The van der Waals surface area contributed by atoms with Crippen molar-refractivity contribution in [1.29, 1.82) is 5.26 Å². The third-order valence-corrected chi connectivity index (χ3v) is 21.4. The van der Waals surface area contributed by atoms with Crippen LogP contribution in [-0.4, -0.2) is 218 Å². The van der Waals surface area contributed by atoms with Gasteiger partial charge in [-0.3, -0.25) is 33.3 Å². The Labute approximate surface area is 906 Å². The third kappa shape index (κ3) is 35.7. The van der Waals surface area contributed by atoms with Crippen molar-refractivity contribution in [1.82, 2.24) is 85.1 Å². The number of rotatable bonds is 25. The summed E-state index contributed by atoms with van der Waals surface area (Å²) in [7, 11) is -3.28. The Bertz CT molecular complexity index is 5980. The van der Waals surface area contributed by atoms with Crippen LogP contribution in [0.25, 0.3) is 49.9 Å². The Morgan fingerprint density at radius 3 is 1.20 bits per heavy atom. The number of aromatic amines is 2. The monoisotopic (exact) mass is 2120 g/mol. The maximum atomic E-state index is 12.5. The van der Waals surface area contributed by atoms with Crippen molar-refractivity contribution in [3.63, 3.8) is 0 Å². The van der Waals surface area contributed by atoms with Gasteiger partial charge in [-0.05, 0) is 164 Å². The van der Waals surface area contributed by atoms with Gasteiger partial charge in [-0.1, -0.05) is 56.0 Å². The molecule has 5 fully saturated rings. The molecule has 44 heteroatoms. The number of aliphatic hydroxyl groups is 1. The number of esters is 1. The second-order valence-electron chi connectivity index (χ2n) is 30.9. The number of aromatic carboxylic acids is 2. The number of carbonyl (C=O) groups is 5. The Morgan fingerprint density at radius 2 is 0.919 bits per heavy atom. The molecule has 136 heavy (non-hydrogen) atoms. The minimum absolute atomic E-state index is 0. The number of aryl methyl sites for hydroxylation is 4. The normalized spacial score (nSPS) is 14.1. The Kier molecular flexibility index (Phi) is 47.0. The van der Waals surface area contributed by atoms with Gasteiger partial charge in [-0.2, -0.15) is 34.1 Å². The first-order valence-electron chi connectivity index (χ1n) is 42.5. The number of hydrogen-bond donors (Lipinski definition) is 11. The third-order valence-electron chi connectivity index (χ3n) is 20.8. The molecule has 0 bridgehead atoms. The van der Waals surface area contributed by atoms with Crippen molar-refractivity contribution in [2.45, 2.75) is 137 Å². The average molecular weight is 2120 g/mol. The van der Waals surface area contributed by atoms with Crippen LogP contribution in [0.1, 0.15) is 163 Å². The first-order valence-corrected chi connectivity index (χ1v) is 44.3. The number of aliphatic hydroxyl groups excluding tert-OH is 1. The maximum Gasteiger partial charge on any atom is 1.00 e. The van der Waals surface area contributed by atoms with E-state index in [0.717, 1.165) is 174 Å². The minimum Gasteiger partial charge on any atom is -1.00 e. The number of amides is 1. The van der Waals surface area contributed by atoms with Gasteiger partial charge >= 0.3 is 156 Å². The Balaban J connectivity index is 0.000000258. The van der Waals surface area contributed by atoms with E-state index < -0.39 is 22.1 Å². The summed E-state index contributed by atoms with van der Waals surface area (Å²) in [6.45, 7) is 24.1. The summed E-state index contributed by atoms with van der Waals surface area (Å²) >= 11 is 0. The van der Waals surface area contributed by atoms with E-state index in [-0.39, 0.29) is 200 Å². The average Bonchev–Trinajstić information content (AvgIpc) is 1.85. The summed E-state index contributed by atoms with van der Waals surface area (Å²) in [5, 5.41) is 79.8. The van der Waals surface area contributed by atoms with Crippen molar-refractivity contribution in [3.05, 3.63) is 227 Å². The molecular weight excluding hydrogens is 2010 g/mol. The molecule has 4 aromatic carbocycles. The zero-order valence-electron chi connectivity index (χ0n) is 77.3. The predicted octanol–water partition coefficient (Wildman–Crippen LogP) is 6.66.